The molecule has 1 atom stereocenters. The lowest BCUT2D eigenvalue weighted by Gasteiger charge is -2.35. The van der Waals surface area contributed by atoms with E-state index >= 15 is 0 Å². The van der Waals surface area contributed by atoms with Crippen LogP contribution in [0.2, 0.25) is 0 Å². The first-order valence-corrected chi connectivity index (χ1v) is 7.95. The van der Waals surface area contributed by atoms with Crippen molar-refractivity contribution in [2.75, 3.05) is 31.1 Å². The van der Waals surface area contributed by atoms with Gasteiger partial charge in [-0.3, -0.25) is 0 Å². The molecule has 22 heavy (non-hydrogen) atoms. The molecule has 0 saturated carbocycles. The van der Waals surface area contributed by atoms with Crippen LogP contribution >= 0.6 is 0 Å². The molecule has 0 radical (unpaired) electrons. The summed E-state index contributed by atoms with van der Waals surface area (Å²) < 4.78 is 0. The third-order valence-corrected chi connectivity index (χ3v) is 4.20. The lowest BCUT2D eigenvalue weighted by Crippen LogP contribution is -2.52. The summed E-state index contributed by atoms with van der Waals surface area (Å²) in [5.41, 5.74) is 1.27. The number of carbonyl (C=O) groups excluding carboxylic acids is 1. The summed E-state index contributed by atoms with van der Waals surface area (Å²) in [5.74, 6) is 0.748. The van der Waals surface area contributed by atoms with Gasteiger partial charge in [0.25, 0.3) is 0 Å². The Labute approximate surface area is 131 Å². The number of urea groups is 1. The van der Waals surface area contributed by atoms with E-state index in [2.05, 4.69) is 33.2 Å². The van der Waals surface area contributed by atoms with Crippen molar-refractivity contribution in [3.63, 3.8) is 0 Å². The van der Waals surface area contributed by atoms with Crippen molar-refractivity contribution in [2.24, 2.45) is 0 Å². The molecule has 0 spiro atoms. The summed E-state index contributed by atoms with van der Waals surface area (Å²) in [6, 6.07) is 2.03. The monoisotopic (exact) mass is 301 g/mol. The minimum atomic E-state index is 0.0493. The maximum atomic E-state index is 12.4. The normalized spacial score (nSPS) is 22.2. The molecule has 2 amide bonds. The standard InChI is InChI=1S/C16H23N5O/c1-13-5-2-10-21(11-13)16(22)19-14-6-3-9-20(12-14)15-17-7-4-8-18-15/h4-5,7-8,14H,2-3,6,9-12H2,1H3,(H,19,22)/t14-/m1/s1. The van der Waals surface area contributed by atoms with Gasteiger partial charge in [0.1, 0.15) is 0 Å². The highest BCUT2D eigenvalue weighted by Crippen LogP contribution is 2.16. The molecular formula is C16H23N5O. The average Bonchev–Trinajstić information content (AvgIpc) is 2.56. The van der Waals surface area contributed by atoms with E-state index in [1.54, 1.807) is 12.4 Å². The Balaban J connectivity index is 1.56. The van der Waals surface area contributed by atoms with Gasteiger partial charge in [0.2, 0.25) is 5.95 Å². The van der Waals surface area contributed by atoms with Gasteiger partial charge in [0.15, 0.2) is 0 Å². The number of rotatable bonds is 2. The Kier molecular flexibility index (Phi) is 4.56. The molecule has 0 bridgehead atoms. The van der Waals surface area contributed by atoms with Crippen LogP contribution in [0.1, 0.15) is 26.2 Å². The van der Waals surface area contributed by atoms with E-state index in [4.69, 9.17) is 0 Å². The molecule has 6 heteroatoms. The second-order valence-electron chi connectivity index (χ2n) is 6.04. The molecule has 2 aliphatic heterocycles. The number of nitrogens with one attached hydrogen (secondary N) is 1. The van der Waals surface area contributed by atoms with Crippen molar-refractivity contribution in [2.45, 2.75) is 32.2 Å². The van der Waals surface area contributed by atoms with E-state index < -0.39 is 0 Å². The third kappa shape index (κ3) is 3.55. The molecule has 1 aromatic rings. The van der Waals surface area contributed by atoms with Crippen molar-refractivity contribution in [1.82, 2.24) is 20.2 Å². The maximum Gasteiger partial charge on any atom is 0.317 e. The molecular weight excluding hydrogens is 278 g/mol. The summed E-state index contributed by atoms with van der Waals surface area (Å²) in [4.78, 5) is 25.0. The van der Waals surface area contributed by atoms with Crippen LogP contribution in [0.3, 0.4) is 0 Å². The van der Waals surface area contributed by atoms with Gasteiger partial charge in [-0.1, -0.05) is 11.6 Å². The fourth-order valence-corrected chi connectivity index (χ4v) is 3.08. The Hall–Kier alpha value is -2.11. The first kappa shape index (κ1) is 14.8. The van der Waals surface area contributed by atoms with Crippen LogP contribution in [-0.4, -0.2) is 53.1 Å². The summed E-state index contributed by atoms with van der Waals surface area (Å²) in [7, 11) is 0. The zero-order valence-corrected chi connectivity index (χ0v) is 13.0. The molecule has 0 aromatic carbocycles. The average molecular weight is 301 g/mol. The highest BCUT2D eigenvalue weighted by molar-refractivity contribution is 5.75. The number of amides is 2. The molecule has 1 N–H and O–H groups in total. The van der Waals surface area contributed by atoms with Gasteiger partial charge >= 0.3 is 6.03 Å². The van der Waals surface area contributed by atoms with Gasteiger partial charge in [-0.25, -0.2) is 14.8 Å². The van der Waals surface area contributed by atoms with Crippen LogP contribution in [0.25, 0.3) is 0 Å². The number of anilines is 1. The van der Waals surface area contributed by atoms with Crippen LogP contribution in [0.5, 0.6) is 0 Å². The smallest absolute Gasteiger partial charge is 0.317 e. The number of nitrogens with zero attached hydrogens (tertiary/aromatic N) is 4. The fraction of sp³-hybridized carbons (Fsp3) is 0.562. The molecule has 3 heterocycles. The predicted octanol–water partition coefficient (Wildman–Crippen LogP) is 1.81. The SMILES string of the molecule is CC1=CCCN(C(=O)N[C@@H]2CCCN(c3ncccn3)C2)C1. The Morgan fingerprint density at radius 1 is 1.32 bits per heavy atom. The van der Waals surface area contributed by atoms with Crippen molar-refractivity contribution in [1.29, 1.82) is 0 Å². The van der Waals surface area contributed by atoms with E-state index in [0.29, 0.717) is 0 Å². The zero-order valence-electron chi connectivity index (χ0n) is 13.0. The number of hydrogen-bond donors (Lipinski definition) is 1. The van der Waals surface area contributed by atoms with E-state index in [9.17, 15) is 4.79 Å². The molecule has 2 aliphatic rings. The van der Waals surface area contributed by atoms with Crippen molar-refractivity contribution in [3.05, 3.63) is 30.1 Å². The molecule has 1 aromatic heterocycles. The fourth-order valence-electron chi connectivity index (χ4n) is 3.08. The number of hydrogen-bond acceptors (Lipinski definition) is 4. The number of piperidine rings is 1. The van der Waals surface area contributed by atoms with Gasteiger partial charge in [0, 0.05) is 44.6 Å². The van der Waals surface area contributed by atoms with Crippen LogP contribution < -0.4 is 10.2 Å². The molecule has 6 nitrogen and oxygen atoms in total. The number of aromatic nitrogens is 2. The Morgan fingerprint density at radius 2 is 2.14 bits per heavy atom. The molecule has 1 fully saturated rings. The lowest BCUT2D eigenvalue weighted by molar-refractivity contribution is 0.195. The Bertz CT molecular complexity index is 545. The van der Waals surface area contributed by atoms with E-state index in [1.807, 2.05) is 11.0 Å². The topological polar surface area (TPSA) is 61.4 Å². The van der Waals surface area contributed by atoms with Gasteiger partial charge in [-0.15, -0.1) is 0 Å². The summed E-state index contributed by atoms with van der Waals surface area (Å²) in [6.07, 6.45) is 8.73. The summed E-state index contributed by atoms with van der Waals surface area (Å²) >= 11 is 0. The van der Waals surface area contributed by atoms with E-state index in [1.165, 1.54) is 5.57 Å². The zero-order chi connectivity index (χ0) is 15.4. The first-order valence-electron chi connectivity index (χ1n) is 7.95. The van der Waals surface area contributed by atoms with Gasteiger partial charge < -0.3 is 15.1 Å². The van der Waals surface area contributed by atoms with Crippen molar-refractivity contribution >= 4 is 12.0 Å². The van der Waals surface area contributed by atoms with Gasteiger partial charge in [0.05, 0.1) is 0 Å². The highest BCUT2D eigenvalue weighted by Gasteiger charge is 2.25. The first-order chi connectivity index (χ1) is 10.7. The third-order valence-electron chi connectivity index (χ3n) is 4.20. The minimum Gasteiger partial charge on any atom is -0.339 e. The second kappa shape index (κ2) is 6.77. The molecule has 118 valence electrons. The van der Waals surface area contributed by atoms with Crippen LogP contribution in [0.4, 0.5) is 10.7 Å². The second-order valence-corrected chi connectivity index (χ2v) is 6.04. The van der Waals surface area contributed by atoms with Crippen LogP contribution in [0, 0.1) is 0 Å². The summed E-state index contributed by atoms with van der Waals surface area (Å²) in [5, 5.41) is 3.17. The van der Waals surface area contributed by atoms with Crippen molar-refractivity contribution < 1.29 is 4.79 Å². The molecule has 3 rings (SSSR count). The quantitative estimate of drug-likeness (QED) is 0.846. The van der Waals surface area contributed by atoms with Crippen LogP contribution in [0.15, 0.2) is 30.1 Å². The lowest BCUT2D eigenvalue weighted by atomic mass is 10.1. The molecule has 0 aliphatic carbocycles. The number of carbonyl (C=O) groups is 1. The van der Waals surface area contributed by atoms with Gasteiger partial charge in [-0.05, 0) is 32.3 Å². The largest absolute Gasteiger partial charge is 0.339 e. The van der Waals surface area contributed by atoms with Crippen LogP contribution in [-0.2, 0) is 0 Å². The van der Waals surface area contributed by atoms with Crippen molar-refractivity contribution in [3.8, 4) is 0 Å². The highest BCUT2D eigenvalue weighted by atomic mass is 16.2. The molecule has 1 saturated heterocycles. The minimum absolute atomic E-state index is 0.0493. The molecule has 0 unspecified atom stereocenters. The predicted molar refractivity (Wildman–Crippen MR) is 85.7 cm³/mol. The van der Waals surface area contributed by atoms with Gasteiger partial charge in [-0.2, -0.15) is 0 Å². The van der Waals surface area contributed by atoms with E-state index in [0.717, 1.165) is 51.4 Å². The van der Waals surface area contributed by atoms with E-state index in [-0.39, 0.29) is 12.1 Å². The summed E-state index contributed by atoms with van der Waals surface area (Å²) in [6.45, 7) is 5.35. The maximum absolute atomic E-state index is 12.4. The Morgan fingerprint density at radius 3 is 2.91 bits per heavy atom.